The van der Waals surface area contributed by atoms with Gasteiger partial charge in [0.1, 0.15) is 14.6 Å². The first-order chi connectivity index (χ1) is 11.0. The Bertz CT molecular complexity index is 641. The van der Waals surface area contributed by atoms with E-state index in [1.165, 1.54) is 12.1 Å². The van der Waals surface area contributed by atoms with Gasteiger partial charge in [0.2, 0.25) is 5.91 Å². The van der Waals surface area contributed by atoms with Crippen molar-refractivity contribution < 1.29 is 26.4 Å². The Hall–Kier alpha value is -2.21. The van der Waals surface area contributed by atoms with Crippen molar-refractivity contribution in [2.24, 2.45) is 17.4 Å². The number of Topliss-reactive ketones (excluding diaryl/α,β-unsaturated/α-hetero) is 1. The number of carboxylic acids is 1. The fraction of sp³-hybridized carbons (Fsp3) is 0.308. The molecule has 0 aliphatic heterocycles. The molecule has 0 bridgehead atoms. The van der Waals surface area contributed by atoms with E-state index in [0.29, 0.717) is 5.56 Å². The molecule has 6 nitrogen and oxygen atoms in total. The molecule has 0 saturated carbocycles. The number of amides is 1. The van der Waals surface area contributed by atoms with E-state index >= 15 is 0 Å². The highest BCUT2D eigenvalue weighted by atomic mass is 16.4. The number of primary amides is 1. The highest BCUT2D eigenvalue weighted by Crippen LogP contribution is 2.11. The summed E-state index contributed by atoms with van der Waals surface area (Å²) < 4.78 is 37.4. The summed E-state index contributed by atoms with van der Waals surface area (Å²) in [6, 6.07) is 4.45. The molecule has 1 unspecified atom stereocenters. The molecule has 102 valence electrons. The van der Waals surface area contributed by atoms with Crippen LogP contribution in [-0.4, -0.2) is 28.8 Å². The average molecular weight is 269 g/mol. The van der Waals surface area contributed by atoms with Crippen LogP contribution >= 0.6 is 0 Å². The predicted molar refractivity (Wildman–Crippen MR) is 68.1 cm³/mol. The Balaban J connectivity index is 3.29. The van der Waals surface area contributed by atoms with Crippen LogP contribution in [0.4, 0.5) is 0 Å². The van der Waals surface area contributed by atoms with Crippen molar-refractivity contribution in [2.45, 2.75) is 18.8 Å². The molecule has 5 N–H and O–H groups in total. The summed E-state index contributed by atoms with van der Waals surface area (Å²) in [5.41, 5.74) is 4.78. The average Bonchev–Trinajstić information content (AvgIpc) is 2.45. The summed E-state index contributed by atoms with van der Waals surface area (Å²) in [4.78, 5) is 35.2. The van der Waals surface area contributed by atoms with Gasteiger partial charge in [-0.1, -0.05) is 30.3 Å². The van der Waals surface area contributed by atoms with E-state index in [2.05, 4.69) is 0 Å². The van der Waals surface area contributed by atoms with Crippen LogP contribution < -0.4 is 11.5 Å². The first-order valence-electron chi connectivity index (χ1n) is 7.73. The van der Waals surface area contributed by atoms with Gasteiger partial charge in [-0.3, -0.25) is 14.4 Å². The number of hydrogen-bond acceptors (Lipinski definition) is 4. The van der Waals surface area contributed by atoms with E-state index in [1.807, 2.05) is 0 Å². The van der Waals surface area contributed by atoms with Crippen LogP contribution in [0.1, 0.15) is 16.0 Å². The molecule has 0 fully saturated rings. The molecule has 1 aromatic carbocycles. The van der Waals surface area contributed by atoms with E-state index < -0.39 is 48.1 Å². The van der Waals surface area contributed by atoms with Gasteiger partial charge in [-0.2, -0.15) is 0 Å². The molecule has 1 rings (SSSR count). The molecule has 0 saturated heterocycles. The van der Waals surface area contributed by atoms with Gasteiger partial charge in [0.05, 0.1) is 7.29 Å². The zero-order valence-corrected chi connectivity index (χ0v) is 9.87. The largest absolute Gasteiger partial charge is 0.480 e. The molecule has 0 aromatic heterocycles. The molecule has 0 heterocycles. The van der Waals surface area contributed by atoms with Gasteiger partial charge in [-0.05, 0) is 11.9 Å². The second-order valence-corrected chi connectivity index (χ2v) is 3.76. The molecule has 2 atom stereocenters. The second kappa shape index (κ2) is 6.65. The SMILES string of the molecule is [2H]N([2H])[C@]([2H])(C(=O)O)C([2H])([2H])C(C(N)=O)C(=O)Cc1ccccc1. The molecule has 0 aliphatic rings. The minimum absolute atomic E-state index is 0.417. The van der Waals surface area contributed by atoms with Gasteiger partial charge in [0, 0.05) is 9.16 Å². The van der Waals surface area contributed by atoms with E-state index in [4.69, 9.17) is 17.8 Å². The maximum absolute atomic E-state index is 12.3. The standard InChI is InChI=1S/C13H16N2O4/c14-10(13(18)19)7-9(12(15)17)11(16)6-8-4-2-1-3-5-8/h1-5,9-10H,6-7,14H2,(H2,15,17)(H,18,19)/t9?,10-/m0/s1/i7D2,10D/hD2. The van der Waals surface area contributed by atoms with Crippen LogP contribution in [0.25, 0.3) is 0 Å². The number of benzene rings is 1. The minimum Gasteiger partial charge on any atom is -0.480 e. The lowest BCUT2D eigenvalue weighted by Gasteiger charge is -2.14. The van der Waals surface area contributed by atoms with Crippen molar-refractivity contribution in [3.63, 3.8) is 0 Å². The van der Waals surface area contributed by atoms with Gasteiger partial charge >= 0.3 is 5.97 Å². The van der Waals surface area contributed by atoms with Crippen LogP contribution in [0.5, 0.6) is 0 Å². The number of nitrogens with two attached hydrogens (primary N) is 2. The summed E-state index contributed by atoms with van der Waals surface area (Å²) in [5.74, 6) is -7.03. The lowest BCUT2D eigenvalue weighted by atomic mass is 9.91. The van der Waals surface area contributed by atoms with Crippen LogP contribution in [0, 0.1) is 5.92 Å². The number of aliphatic carboxylic acids is 1. The summed E-state index contributed by atoms with van der Waals surface area (Å²) in [7, 11) is 0. The predicted octanol–water partition coefficient (Wildman–Crippen LogP) is -0.298. The minimum atomic E-state index is -3.53. The number of carbonyl (C=O) groups is 3. The first kappa shape index (κ1) is 8.82. The first-order valence-corrected chi connectivity index (χ1v) is 5.33. The van der Waals surface area contributed by atoms with Crippen LogP contribution in [0.3, 0.4) is 0 Å². The Morgan fingerprint density at radius 3 is 2.47 bits per heavy atom. The monoisotopic (exact) mass is 269 g/mol. The quantitative estimate of drug-likeness (QED) is 0.559. The fourth-order valence-corrected chi connectivity index (χ4v) is 1.41. The molecular weight excluding hydrogens is 248 g/mol. The molecule has 19 heavy (non-hydrogen) atoms. The molecular formula is C13H16N2O4. The van der Waals surface area contributed by atoms with Gasteiger partial charge < -0.3 is 16.6 Å². The van der Waals surface area contributed by atoms with Crippen molar-refractivity contribution in [3.05, 3.63) is 35.9 Å². The Kier molecular flexibility index (Phi) is 3.09. The normalized spacial score (nSPS) is 19.9. The van der Waals surface area contributed by atoms with Crippen molar-refractivity contribution >= 4 is 17.7 Å². The summed E-state index contributed by atoms with van der Waals surface area (Å²) in [6.45, 7) is 0. The van der Waals surface area contributed by atoms with E-state index in [-0.39, 0.29) is 0 Å². The smallest absolute Gasteiger partial charge is 0.320 e. The maximum Gasteiger partial charge on any atom is 0.320 e. The molecule has 1 amide bonds. The number of ketones is 1. The Labute approximate surface area is 117 Å². The Morgan fingerprint density at radius 2 is 2.00 bits per heavy atom. The molecule has 0 radical (unpaired) electrons. The lowest BCUT2D eigenvalue weighted by Crippen LogP contribution is -2.40. The number of rotatable bonds is 8. The molecule has 0 spiro atoms. The highest BCUT2D eigenvalue weighted by molar-refractivity contribution is 6.01. The molecule has 6 heteroatoms. The van der Waals surface area contributed by atoms with E-state index in [1.54, 1.807) is 18.2 Å². The third kappa shape index (κ3) is 4.51. The molecule has 1 aromatic rings. The molecule has 0 aliphatic carbocycles. The van der Waals surface area contributed by atoms with Crippen molar-refractivity contribution in [1.29, 1.82) is 0 Å². The van der Waals surface area contributed by atoms with Crippen LogP contribution in [-0.2, 0) is 20.8 Å². The number of carboxylic acid groups (broad SMARTS) is 1. The lowest BCUT2D eigenvalue weighted by molar-refractivity contribution is -0.139. The van der Waals surface area contributed by atoms with Gasteiger partial charge in [-0.15, -0.1) is 0 Å². The van der Waals surface area contributed by atoms with Crippen LogP contribution in [0.15, 0.2) is 30.3 Å². The van der Waals surface area contributed by atoms with Gasteiger partial charge in [-0.25, -0.2) is 0 Å². The Morgan fingerprint density at radius 1 is 1.37 bits per heavy atom. The van der Waals surface area contributed by atoms with Crippen LogP contribution in [0.2, 0.25) is 2.82 Å². The van der Waals surface area contributed by atoms with Gasteiger partial charge in [0.25, 0.3) is 0 Å². The summed E-state index contributed by atoms with van der Waals surface area (Å²) in [6.07, 6.45) is -3.83. The number of carbonyl (C=O) groups excluding carboxylic acids is 2. The topological polar surface area (TPSA) is 123 Å². The number of hydrogen-bond donors (Lipinski definition) is 3. The maximum atomic E-state index is 12.3. The van der Waals surface area contributed by atoms with Crippen molar-refractivity contribution in [2.75, 3.05) is 0 Å². The van der Waals surface area contributed by atoms with Crippen molar-refractivity contribution in [1.82, 2.24) is 0 Å². The third-order valence-electron chi connectivity index (χ3n) is 2.31. The third-order valence-corrected chi connectivity index (χ3v) is 2.31. The zero-order valence-electron chi connectivity index (χ0n) is 14.9. The van der Waals surface area contributed by atoms with E-state index in [9.17, 15) is 14.4 Å². The van der Waals surface area contributed by atoms with Crippen molar-refractivity contribution in [3.8, 4) is 0 Å². The summed E-state index contributed by atoms with van der Waals surface area (Å²) >= 11 is 0. The second-order valence-electron chi connectivity index (χ2n) is 3.76. The summed E-state index contributed by atoms with van der Waals surface area (Å²) in [5, 5.41) is 9.07. The highest BCUT2D eigenvalue weighted by Gasteiger charge is 2.28. The zero-order chi connectivity index (χ0) is 18.7. The fourth-order valence-electron chi connectivity index (χ4n) is 1.41. The van der Waals surface area contributed by atoms with Gasteiger partial charge in [0.15, 0.2) is 0 Å². The van der Waals surface area contributed by atoms with E-state index in [0.717, 1.165) is 0 Å².